The van der Waals surface area contributed by atoms with Gasteiger partial charge < -0.3 is 5.11 Å². The van der Waals surface area contributed by atoms with Crippen LogP contribution in [0.1, 0.15) is 84.1 Å². The van der Waals surface area contributed by atoms with Crippen molar-refractivity contribution in [3.05, 3.63) is 47.0 Å². The van der Waals surface area contributed by atoms with E-state index < -0.39 is 0 Å². The lowest BCUT2D eigenvalue weighted by atomic mass is 9.45. The molecule has 4 aliphatic rings. The Labute approximate surface area is 188 Å². The van der Waals surface area contributed by atoms with Crippen molar-refractivity contribution in [1.29, 1.82) is 5.26 Å². The average Bonchev–Trinajstić information content (AvgIpc) is 3.12. The molecule has 0 saturated heterocycles. The van der Waals surface area contributed by atoms with Gasteiger partial charge in [-0.15, -0.1) is 0 Å². The minimum Gasteiger partial charge on any atom is -0.393 e. The quantitative estimate of drug-likeness (QED) is 0.547. The fourth-order valence-corrected chi connectivity index (χ4v) is 8.79. The van der Waals surface area contributed by atoms with Gasteiger partial charge in [0.1, 0.15) is 0 Å². The SMILES string of the molecule is C[C@H](Cc1ccccc1)[C@H]1CC[C@H]2C3=C(CC[C@]12C)[C@@]1(C)CCC(O)CC1(C#N)CC3. The van der Waals surface area contributed by atoms with Gasteiger partial charge in [-0.1, -0.05) is 62.2 Å². The Balaban J connectivity index is 1.44. The summed E-state index contributed by atoms with van der Waals surface area (Å²) in [6, 6.07) is 13.8. The number of benzene rings is 1. The van der Waals surface area contributed by atoms with Crippen LogP contribution in [0.3, 0.4) is 0 Å². The van der Waals surface area contributed by atoms with Crippen molar-refractivity contribution < 1.29 is 5.11 Å². The molecule has 0 heterocycles. The third-order valence-electron chi connectivity index (χ3n) is 10.5. The summed E-state index contributed by atoms with van der Waals surface area (Å²) in [5.74, 6) is 2.21. The van der Waals surface area contributed by atoms with Crippen LogP contribution in [-0.2, 0) is 6.42 Å². The van der Waals surface area contributed by atoms with Gasteiger partial charge in [-0.25, -0.2) is 0 Å². The summed E-state index contributed by atoms with van der Waals surface area (Å²) in [6.45, 7) is 7.46. The molecule has 1 aromatic rings. The van der Waals surface area contributed by atoms with Gasteiger partial charge in [0, 0.05) is 5.41 Å². The molecule has 0 bridgehead atoms. The fraction of sp³-hybridized carbons (Fsp3) is 0.690. The van der Waals surface area contributed by atoms with Crippen LogP contribution in [0.15, 0.2) is 41.5 Å². The molecule has 0 radical (unpaired) electrons. The molecule has 1 N–H and O–H groups in total. The van der Waals surface area contributed by atoms with Crippen molar-refractivity contribution >= 4 is 0 Å². The standard InChI is InChI=1S/C29H39NO/c1-20(17-21-7-5-4-6-8-21)24-9-10-25-23-12-16-29(19-30)18-22(31)11-15-28(29,3)26(23)13-14-27(24,25)2/h4-8,20,22,24-25,31H,9-18H2,1-3H3/t20-,22?,24-,25+,27-,28-,29?/m1/s1. The van der Waals surface area contributed by atoms with Gasteiger partial charge in [0.2, 0.25) is 0 Å². The number of fused-ring (bicyclic) bond motifs is 4. The van der Waals surface area contributed by atoms with Crippen molar-refractivity contribution in [2.24, 2.45) is 34.0 Å². The number of aliphatic hydroxyl groups excluding tert-OH is 1. The second-order valence-corrected chi connectivity index (χ2v) is 11.8. The lowest BCUT2D eigenvalue weighted by Gasteiger charge is -2.58. The van der Waals surface area contributed by atoms with E-state index in [1.54, 1.807) is 11.1 Å². The van der Waals surface area contributed by atoms with E-state index in [-0.39, 0.29) is 16.9 Å². The van der Waals surface area contributed by atoms with Crippen LogP contribution >= 0.6 is 0 Å². The molecule has 2 heteroatoms. The highest BCUT2D eigenvalue weighted by Gasteiger charge is 2.60. The predicted molar refractivity (Wildman–Crippen MR) is 125 cm³/mol. The molecule has 0 spiro atoms. The van der Waals surface area contributed by atoms with E-state index in [1.165, 1.54) is 37.7 Å². The van der Waals surface area contributed by atoms with Crippen LogP contribution in [0, 0.1) is 45.3 Å². The molecule has 2 fully saturated rings. The summed E-state index contributed by atoms with van der Waals surface area (Å²) in [5.41, 5.74) is 4.89. The van der Waals surface area contributed by atoms with Gasteiger partial charge in [-0.2, -0.15) is 5.26 Å². The van der Waals surface area contributed by atoms with E-state index in [4.69, 9.17) is 0 Å². The van der Waals surface area contributed by atoms with Crippen LogP contribution in [-0.4, -0.2) is 11.2 Å². The number of hydrogen-bond acceptors (Lipinski definition) is 2. The van der Waals surface area contributed by atoms with Crippen molar-refractivity contribution in [2.45, 2.75) is 91.1 Å². The van der Waals surface area contributed by atoms with Crippen LogP contribution in [0.2, 0.25) is 0 Å². The molecule has 31 heavy (non-hydrogen) atoms. The van der Waals surface area contributed by atoms with Crippen LogP contribution in [0.4, 0.5) is 0 Å². The Kier molecular flexibility index (Phi) is 5.13. The van der Waals surface area contributed by atoms with Gasteiger partial charge in [0.25, 0.3) is 0 Å². The summed E-state index contributed by atoms with van der Waals surface area (Å²) in [6.07, 6.45) is 10.6. The number of allylic oxidation sites excluding steroid dienone is 2. The average molecular weight is 418 g/mol. The summed E-state index contributed by atoms with van der Waals surface area (Å²) in [7, 11) is 0. The molecular weight excluding hydrogens is 378 g/mol. The lowest BCUT2D eigenvalue weighted by Crippen LogP contribution is -2.51. The number of hydrogen-bond donors (Lipinski definition) is 1. The smallest absolute Gasteiger partial charge is 0.0700 e. The zero-order valence-corrected chi connectivity index (χ0v) is 19.7. The Hall–Kier alpha value is -1.59. The zero-order valence-electron chi connectivity index (χ0n) is 19.7. The highest BCUT2D eigenvalue weighted by Crippen LogP contribution is 2.68. The van der Waals surface area contributed by atoms with Crippen LogP contribution < -0.4 is 0 Å². The minimum atomic E-state index is -0.351. The predicted octanol–water partition coefficient (Wildman–Crippen LogP) is 6.84. The van der Waals surface area contributed by atoms with Crippen molar-refractivity contribution in [3.63, 3.8) is 0 Å². The highest BCUT2D eigenvalue weighted by atomic mass is 16.3. The van der Waals surface area contributed by atoms with E-state index in [1.807, 2.05) is 0 Å². The van der Waals surface area contributed by atoms with Gasteiger partial charge in [0.05, 0.1) is 17.6 Å². The van der Waals surface area contributed by atoms with Gasteiger partial charge in [0.15, 0.2) is 0 Å². The van der Waals surface area contributed by atoms with Crippen LogP contribution in [0.5, 0.6) is 0 Å². The van der Waals surface area contributed by atoms with Gasteiger partial charge >= 0.3 is 0 Å². The molecule has 166 valence electrons. The number of rotatable bonds is 3. The largest absolute Gasteiger partial charge is 0.393 e. The summed E-state index contributed by atoms with van der Waals surface area (Å²) < 4.78 is 0. The van der Waals surface area contributed by atoms with Crippen molar-refractivity contribution in [1.82, 2.24) is 0 Å². The maximum atomic E-state index is 10.4. The molecule has 0 aromatic heterocycles. The summed E-state index contributed by atoms with van der Waals surface area (Å²) in [4.78, 5) is 0. The first-order chi connectivity index (χ1) is 14.8. The van der Waals surface area contributed by atoms with Crippen LogP contribution in [0.25, 0.3) is 0 Å². The maximum Gasteiger partial charge on any atom is 0.0700 e. The Bertz CT molecular complexity index is 912. The number of nitriles is 1. The van der Waals surface area contributed by atoms with Gasteiger partial charge in [-0.3, -0.25) is 0 Å². The maximum absolute atomic E-state index is 10.4. The number of aliphatic hydroxyl groups is 1. The normalized spacial score (nSPS) is 42.9. The highest BCUT2D eigenvalue weighted by molar-refractivity contribution is 5.39. The first-order valence-corrected chi connectivity index (χ1v) is 12.7. The molecule has 2 nitrogen and oxygen atoms in total. The summed E-state index contributed by atoms with van der Waals surface area (Å²) >= 11 is 0. The topological polar surface area (TPSA) is 44.0 Å². The van der Waals surface area contributed by atoms with E-state index in [2.05, 4.69) is 57.2 Å². The van der Waals surface area contributed by atoms with E-state index in [0.717, 1.165) is 31.6 Å². The molecule has 0 aliphatic heterocycles. The second kappa shape index (κ2) is 7.48. The van der Waals surface area contributed by atoms with Gasteiger partial charge in [-0.05, 0) is 92.9 Å². The third kappa shape index (κ3) is 3.06. The van der Waals surface area contributed by atoms with E-state index in [9.17, 15) is 10.4 Å². The molecule has 2 unspecified atom stereocenters. The molecule has 2 saturated carbocycles. The third-order valence-corrected chi connectivity index (χ3v) is 10.5. The number of nitrogens with zero attached hydrogens (tertiary/aromatic N) is 1. The minimum absolute atomic E-state index is 0.0242. The first-order valence-electron chi connectivity index (χ1n) is 12.7. The van der Waals surface area contributed by atoms with Crippen molar-refractivity contribution in [2.75, 3.05) is 0 Å². The van der Waals surface area contributed by atoms with Crippen molar-refractivity contribution in [3.8, 4) is 6.07 Å². The monoisotopic (exact) mass is 417 g/mol. The Morgan fingerprint density at radius 1 is 1.06 bits per heavy atom. The van der Waals surface area contributed by atoms with E-state index >= 15 is 0 Å². The zero-order chi connectivity index (χ0) is 21.9. The van der Waals surface area contributed by atoms with E-state index in [0.29, 0.717) is 23.7 Å². The molecule has 1 aromatic carbocycles. The Morgan fingerprint density at radius 2 is 1.84 bits per heavy atom. The lowest BCUT2D eigenvalue weighted by molar-refractivity contribution is -0.0253. The Morgan fingerprint density at radius 3 is 2.58 bits per heavy atom. The summed E-state index contributed by atoms with van der Waals surface area (Å²) in [5, 5.41) is 20.7. The molecule has 7 atom stereocenters. The molecular formula is C29H39NO. The molecule has 4 aliphatic carbocycles. The fourth-order valence-electron chi connectivity index (χ4n) is 8.79. The first kappa shape index (κ1) is 21.3. The molecule has 0 amide bonds. The molecule has 5 rings (SSSR count). The second-order valence-electron chi connectivity index (χ2n) is 11.8.